The van der Waals surface area contributed by atoms with Gasteiger partial charge in [0.15, 0.2) is 0 Å². The highest BCUT2D eigenvalue weighted by atomic mass is 16.1. The van der Waals surface area contributed by atoms with Crippen LogP contribution in [-0.2, 0) is 18.3 Å². The van der Waals surface area contributed by atoms with Crippen molar-refractivity contribution in [1.82, 2.24) is 20.1 Å². The average Bonchev–Trinajstić information content (AvgIpc) is 2.98. The molecule has 23 heavy (non-hydrogen) atoms. The Labute approximate surface area is 138 Å². The third-order valence-electron chi connectivity index (χ3n) is 4.24. The first kappa shape index (κ1) is 17.2. The van der Waals surface area contributed by atoms with Gasteiger partial charge < -0.3 is 9.88 Å². The molecule has 5 heteroatoms. The van der Waals surface area contributed by atoms with Gasteiger partial charge in [0.2, 0.25) is 5.91 Å². The summed E-state index contributed by atoms with van der Waals surface area (Å²) in [5, 5.41) is 11.0. The van der Waals surface area contributed by atoms with Gasteiger partial charge in [0.1, 0.15) is 12.2 Å². The number of nitrogens with one attached hydrogen (secondary N) is 1. The second kappa shape index (κ2) is 7.90. The molecule has 0 fully saturated rings. The lowest BCUT2D eigenvalue weighted by Gasteiger charge is -2.15. The van der Waals surface area contributed by atoms with Crippen LogP contribution in [0.5, 0.6) is 0 Å². The number of carbonyl (C=O) groups excluding carboxylic acids is 1. The van der Waals surface area contributed by atoms with Crippen LogP contribution >= 0.6 is 0 Å². The van der Waals surface area contributed by atoms with Gasteiger partial charge >= 0.3 is 0 Å². The summed E-state index contributed by atoms with van der Waals surface area (Å²) in [6.07, 6.45) is 3.21. The molecule has 2 atom stereocenters. The molecular formula is C18H26N4O. The summed E-state index contributed by atoms with van der Waals surface area (Å²) in [6, 6.07) is 8.53. The van der Waals surface area contributed by atoms with Crippen molar-refractivity contribution in [3.63, 3.8) is 0 Å². The van der Waals surface area contributed by atoms with Crippen LogP contribution in [-0.4, -0.2) is 27.2 Å². The topological polar surface area (TPSA) is 59.8 Å². The third-order valence-corrected chi connectivity index (χ3v) is 4.24. The number of nitrogens with zero attached hydrogens (tertiary/aromatic N) is 3. The van der Waals surface area contributed by atoms with Gasteiger partial charge in [0, 0.05) is 25.9 Å². The number of hydrogen-bond acceptors (Lipinski definition) is 3. The highest BCUT2D eigenvalue weighted by Crippen LogP contribution is 2.20. The molecule has 0 aliphatic heterocycles. The molecule has 1 aromatic carbocycles. The smallest absolute Gasteiger partial charge is 0.220 e. The molecule has 0 aliphatic carbocycles. The summed E-state index contributed by atoms with van der Waals surface area (Å²) in [7, 11) is 1.91. The van der Waals surface area contributed by atoms with Crippen molar-refractivity contribution in [3.05, 3.63) is 47.5 Å². The van der Waals surface area contributed by atoms with Crippen LogP contribution in [0.4, 0.5) is 0 Å². The van der Waals surface area contributed by atoms with Crippen molar-refractivity contribution in [3.8, 4) is 0 Å². The van der Waals surface area contributed by atoms with E-state index in [0.29, 0.717) is 13.0 Å². The number of aryl methyl sites for hydroxylation is 2. The van der Waals surface area contributed by atoms with E-state index in [0.717, 1.165) is 12.2 Å². The van der Waals surface area contributed by atoms with E-state index in [1.165, 1.54) is 11.1 Å². The minimum atomic E-state index is 0.0751. The van der Waals surface area contributed by atoms with Crippen LogP contribution in [0.2, 0.25) is 0 Å². The maximum Gasteiger partial charge on any atom is 0.220 e. The molecule has 1 N–H and O–H groups in total. The minimum Gasteiger partial charge on any atom is -0.355 e. The average molecular weight is 314 g/mol. The minimum absolute atomic E-state index is 0.0751. The quantitative estimate of drug-likeness (QED) is 0.855. The van der Waals surface area contributed by atoms with Gasteiger partial charge in [0.05, 0.1) is 0 Å². The molecule has 124 valence electrons. The van der Waals surface area contributed by atoms with Crippen molar-refractivity contribution >= 4 is 5.91 Å². The molecule has 2 rings (SSSR count). The van der Waals surface area contributed by atoms with Crippen molar-refractivity contribution < 1.29 is 4.79 Å². The summed E-state index contributed by atoms with van der Waals surface area (Å²) < 4.78 is 1.88. The summed E-state index contributed by atoms with van der Waals surface area (Å²) in [5.41, 5.74) is 2.53. The number of carbonyl (C=O) groups is 1. The van der Waals surface area contributed by atoms with E-state index in [-0.39, 0.29) is 17.7 Å². The summed E-state index contributed by atoms with van der Waals surface area (Å²) >= 11 is 0. The van der Waals surface area contributed by atoms with E-state index in [4.69, 9.17) is 0 Å². The van der Waals surface area contributed by atoms with E-state index in [9.17, 15) is 4.79 Å². The van der Waals surface area contributed by atoms with Crippen LogP contribution < -0.4 is 5.32 Å². The SMILES string of the molecule is CCc1ccc(C(C)CC(=O)NCC(C)c2nncn2C)cc1. The first-order valence-electron chi connectivity index (χ1n) is 8.20. The number of amides is 1. The van der Waals surface area contributed by atoms with E-state index >= 15 is 0 Å². The molecule has 1 aromatic heterocycles. The highest BCUT2D eigenvalue weighted by molar-refractivity contribution is 5.76. The van der Waals surface area contributed by atoms with Crippen LogP contribution in [0.25, 0.3) is 0 Å². The Bertz CT molecular complexity index is 633. The number of benzene rings is 1. The maximum atomic E-state index is 12.2. The number of aromatic nitrogens is 3. The molecule has 5 nitrogen and oxygen atoms in total. The van der Waals surface area contributed by atoms with Gasteiger partial charge in [-0.05, 0) is 23.5 Å². The zero-order chi connectivity index (χ0) is 16.8. The highest BCUT2D eigenvalue weighted by Gasteiger charge is 2.15. The van der Waals surface area contributed by atoms with Gasteiger partial charge in [-0.25, -0.2) is 0 Å². The predicted molar refractivity (Wildman–Crippen MR) is 91.3 cm³/mol. The van der Waals surface area contributed by atoms with E-state index < -0.39 is 0 Å². The van der Waals surface area contributed by atoms with Gasteiger partial charge in [0.25, 0.3) is 0 Å². The standard InChI is InChI=1S/C18H26N4O/c1-5-15-6-8-16(9-7-15)13(2)10-17(23)19-11-14(3)18-21-20-12-22(18)4/h6-9,12-14H,5,10-11H2,1-4H3,(H,19,23). The summed E-state index contributed by atoms with van der Waals surface area (Å²) in [4.78, 5) is 12.2. The largest absolute Gasteiger partial charge is 0.355 e. The Kier molecular flexibility index (Phi) is 5.90. The second-order valence-electron chi connectivity index (χ2n) is 6.21. The Morgan fingerprint density at radius 2 is 1.91 bits per heavy atom. The maximum absolute atomic E-state index is 12.2. The molecule has 0 radical (unpaired) electrons. The van der Waals surface area contributed by atoms with Gasteiger partial charge in [-0.15, -0.1) is 10.2 Å². The van der Waals surface area contributed by atoms with Crippen LogP contribution in [0, 0.1) is 0 Å². The molecule has 0 bridgehead atoms. The first-order valence-corrected chi connectivity index (χ1v) is 8.20. The fourth-order valence-corrected chi connectivity index (χ4v) is 2.65. The Hall–Kier alpha value is -2.17. The molecule has 0 spiro atoms. The van der Waals surface area contributed by atoms with Gasteiger partial charge in [-0.1, -0.05) is 45.0 Å². The van der Waals surface area contributed by atoms with Gasteiger partial charge in [-0.2, -0.15) is 0 Å². The Balaban J connectivity index is 1.83. The van der Waals surface area contributed by atoms with E-state index in [1.807, 2.05) is 18.5 Å². The fraction of sp³-hybridized carbons (Fsp3) is 0.500. The van der Waals surface area contributed by atoms with Crippen LogP contribution in [0.15, 0.2) is 30.6 Å². The lowest BCUT2D eigenvalue weighted by molar-refractivity contribution is -0.121. The second-order valence-corrected chi connectivity index (χ2v) is 6.21. The summed E-state index contributed by atoms with van der Waals surface area (Å²) in [6.45, 7) is 6.85. The molecule has 0 saturated heterocycles. The molecular weight excluding hydrogens is 288 g/mol. The van der Waals surface area contributed by atoms with Crippen LogP contribution in [0.1, 0.15) is 56.0 Å². The number of hydrogen-bond donors (Lipinski definition) is 1. The normalized spacial score (nSPS) is 13.6. The molecule has 0 saturated carbocycles. The first-order chi connectivity index (χ1) is 11.0. The lowest BCUT2D eigenvalue weighted by Crippen LogP contribution is -2.29. The van der Waals surface area contributed by atoms with Gasteiger partial charge in [-0.3, -0.25) is 4.79 Å². The molecule has 2 unspecified atom stereocenters. The fourth-order valence-electron chi connectivity index (χ4n) is 2.65. The molecule has 0 aliphatic rings. The zero-order valence-electron chi connectivity index (χ0n) is 14.4. The van der Waals surface area contributed by atoms with Crippen molar-refractivity contribution in [2.45, 2.75) is 45.4 Å². The number of rotatable bonds is 7. The monoisotopic (exact) mass is 314 g/mol. The Morgan fingerprint density at radius 3 is 2.48 bits per heavy atom. The Morgan fingerprint density at radius 1 is 1.22 bits per heavy atom. The summed E-state index contributed by atoms with van der Waals surface area (Å²) in [5.74, 6) is 1.32. The molecule has 1 heterocycles. The predicted octanol–water partition coefficient (Wildman–Crippen LogP) is 2.79. The molecule has 2 aromatic rings. The zero-order valence-corrected chi connectivity index (χ0v) is 14.4. The van der Waals surface area contributed by atoms with E-state index in [1.54, 1.807) is 6.33 Å². The van der Waals surface area contributed by atoms with Crippen molar-refractivity contribution in [2.75, 3.05) is 6.54 Å². The third kappa shape index (κ3) is 4.65. The van der Waals surface area contributed by atoms with Crippen LogP contribution in [0.3, 0.4) is 0 Å². The van der Waals surface area contributed by atoms with E-state index in [2.05, 4.69) is 53.6 Å². The van der Waals surface area contributed by atoms with Crippen molar-refractivity contribution in [1.29, 1.82) is 0 Å². The lowest BCUT2D eigenvalue weighted by atomic mass is 9.96. The van der Waals surface area contributed by atoms with Crippen molar-refractivity contribution in [2.24, 2.45) is 7.05 Å². The molecule has 1 amide bonds.